The van der Waals surface area contributed by atoms with Gasteiger partial charge in [-0.25, -0.2) is 4.39 Å². The summed E-state index contributed by atoms with van der Waals surface area (Å²) in [4.78, 5) is 14.2. The van der Waals surface area contributed by atoms with E-state index in [0.29, 0.717) is 5.69 Å². The average Bonchev–Trinajstić information content (AvgIpc) is 2.43. The van der Waals surface area contributed by atoms with Crippen molar-refractivity contribution in [2.24, 2.45) is 0 Å². The molecule has 1 amide bonds. The van der Waals surface area contributed by atoms with E-state index in [1.54, 1.807) is 0 Å². The Labute approximate surface area is 112 Å². The van der Waals surface area contributed by atoms with E-state index in [9.17, 15) is 9.18 Å². The topological polar surface area (TPSA) is 58.4 Å². The maximum atomic E-state index is 13.6. The second-order valence-corrected chi connectivity index (χ2v) is 5.00. The number of likely N-dealkylation sites (tertiary alicyclic amines) is 1. The first-order valence-electron chi connectivity index (χ1n) is 6.68. The molecule has 0 radical (unpaired) electrons. The molecule has 104 valence electrons. The first-order chi connectivity index (χ1) is 9.08. The van der Waals surface area contributed by atoms with Crippen molar-refractivity contribution in [2.75, 3.05) is 24.1 Å². The molecule has 1 atom stereocenters. The minimum atomic E-state index is -0.464. The summed E-state index contributed by atoms with van der Waals surface area (Å²) < 4.78 is 13.6. The summed E-state index contributed by atoms with van der Waals surface area (Å²) in [6.07, 6.45) is 3.45. The third kappa shape index (κ3) is 3.44. The third-order valence-corrected chi connectivity index (χ3v) is 3.57. The maximum absolute atomic E-state index is 13.6. The molecule has 1 aromatic rings. The fourth-order valence-electron chi connectivity index (χ4n) is 2.35. The van der Waals surface area contributed by atoms with Crippen molar-refractivity contribution in [2.45, 2.75) is 32.2 Å². The number of nitrogens with one attached hydrogen (secondary N) is 1. The van der Waals surface area contributed by atoms with Crippen LogP contribution in [0.25, 0.3) is 0 Å². The molecule has 0 saturated carbocycles. The molecule has 3 N–H and O–H groups in total. The van der Waals surface area contributed by atoms with Crippen LogP contribution in [0.1, 0.15) is 26.2 Å². The zero-order valence-electron chi connectivity index (χ0n) is 11.2. The van der Waals surface area contributed by atoms with Gasteiger partial charge in [0.2, 0.25) is 5.91 Å². The number of nitrogens with zero attached hydrogens (tertiary/aromatic N) is 1. The van der Waals surface area contributed by atoms with Crippen LogP contribution in [0, 0.1) is 5.82 Å². The van der Waals surface area contributed by atoms with E-state index in [1.807, 2.05) is 6.92 Å². The molecule has 1 aromatic carbocycles. The number of halogens is 1. The number of nitrogen functional groups attached to an aromatic ring is 1. The first kappa shape index (κ1) is 13.8. The summed E-state index contributed by atoms with van der Waals surface area (Å²) >= 11 is 0. The first-order valence-corrected chi connectivity index (χ1v) is 6.68. The van der Waals surface area contributed by atoms with Crippen molar-refractivity contribution in [1.82, 2.24) is 4.90 Å². The number of hydrogen-bond donors (Lipinski definition) is 2. The van der Waals surface area contributed by atoms with Crippen molar-refractivity contribution in [3.63, 3.8) is 0 Å². The van der Waals surface area contributed by atoms with Crippen LogP contribution in [0.2, 0.25) is 0 Å². The Bertz CT molecular complexity index is 458. The van der Waals surface area contributed by atoms with Gasteiger partial charge in [-0.05, 0) is 51.1 Å². The average molecular weight is 265 g/mol. The molecule has 4 nitrogen and oxygen atoms in total. The van der Waals surface area contributed by atoms with Crippen molar-refractivity contribution >= 4 is 17.3 Å². The van der Waals surface area contributed by atoms with Crippen LogP contribution < -0.4 is 11.1 Å². The smallest absolute Gasteiger partial charge is 0.241 e. The van der Waals surface area contributed by atoms with Gasteiger partial charge < -0.3 is 11.1 Å². The molecule has 5 heteroatoms. The van der Waals surface area contributed by atoms with Gasteiger partial charge in [0.25, 0.3) is 0 Å². The second kappa shape index (κ2) is 6.02. The number of anilines is 2. The Hall–Kier alpha value is -1.62. The van der Waals surface area contributed by atoms with Gasteiger partial charge >= 0.3 is 0 Å². The van der Waals surface area contributed by atoms with Gasteiger partial charge in [-0.15, -0.1) is 0 Å². The summed E-state index contributed by atoms with van der Waals surface area (Å²) in [6, 6.07) is 3.92. The van der Waals surface area contributed by atoms with Gasteiger partial charge in [-0.1, -0.05) is 6.42 Å². The number of rotatable bonds is 3. The standard InChI is InChI=1S/C14H20FN3O/c1-10(18-7-3-2-4-8-18)14(19)17-13-9-11(16)5-6-12(13)15/h5-6,9-10H,2-4,7-8,16H2,1H3,(H,17,19). The Kier molecular flexibility index (Phi) is 4.37. The van der Waals surface area contributed by atoms with Gasteiger partial charge in [0.05, 0.1) is 11.7 Å². The SMILES string of the molecule is CC(C(=O)Nc1cc(N)ccc1F)N1CCCCC1. The van der Waals surface area contributed by atoms with Crippen molar-refractivity contribution in [3.05, 3.63) is 24.0 Å². The van der Waals surface area contributed by atoms with Crippen LogP contribution >= 0.6 is 0 Å². The summed E-state index contributed by atoms with van der Waals surface area (Å²) in [5, 5.41) is 2.61. The van der Waals surface area contributed by atoms with Gasteiger partial charge in [0, 0.05) is 5.69 Å². The van der Waals surface area contributed by atoms with E-state index in [1.165, 1.54) is 24.6 Å². The molecular formula is C14H20FN3O. The molecule has 1 heterocycles. The summed E-state index contributed by atoms with van der Waals surface area (Å²) in [7, 11) is 0. The normalized spacial score (nSPS) is 18.0. The number of hydrogen-bond acceptors (Lipinski definition) is 3. The summed E-state index contributed by atoms with van der Waals surface area (Å²) in [6.45, 7) is 3.70. The van der Waals surface area contributed by atoms with E-state index < -0.39 is 5.82 Å². The highest BCUT2D eigenvalue weighted by atomic mass is 19.1. The Morgan fingerprint density at radius 2 is 2.05 bits per heavy atom. The van der Waals surface area contributed by atoms with Crippen molar-refractivity contribution < 1.29 is 9.18 Å². The molecule has 0 aliphatic carbocycles. The predicted octanol–water partition coefficient (Wildman–Crippen LogP) is 2.22. The van der Waals surface area contributed by atoms with Crippen LogP contribution in [-0.2, 0) is 4.79 Å². The van der Waals surface area contributed by atoms with Gasteiger partial charge in [-0.2, -0.15) is 0 Å². The second-order valence-electron chi connectivity index (χ2n) is 5.00. The number of carbonyl (C=O) groups excluding carboxylic acids is 1. The molecule has 1 unspecified atom stereocenters. The van der Waals surface area contributed by atoms with Crippen LogP contribution in [0.5, 0.6) is 0 Å². The van der Waals surface area contributed by atoms with Gasteiger partial charge in [0.15, 0.2) is 0 Å². The van der Waals surface area contributed by atoms with Crippen LogP contribution in [-0.4, -0.2) is 29.9 Å². The third-order valence-electron chi connectivity index (χ3n) is 3.57. The predicted molar refractivity (Wildman–Crippen MR) is 74.3 cm³/mol. The lowest BCUT2D eigenvalue weighted by molar-refractivity contribution is -0.121. The molecule has 19 heavy (non-hydrogen) atoms. The minimum absolute atomic E-state index is 0.147. The largest absolute Gasteiger partial charge is 0.399 e. The highest BCUT2D eigenvalue weighted by molar-refractivity contribution is 5.95. The Balaban J connectivity index is 2.01. The van der Waals surface area contributed by atoms with Gasteiger partial charge in [-0.3, -0.25) is 9.69 Å². The molecule has 1 fully saturated rings. The van der Waals surface area contributed by atoms with Crippen LogP contribution in [0.4, 0.5) is 15.8 Å². The fraction of sp³-hybridized carbons (Fsp3) is 0.500. The number of benzene rings is 1. The zero-order valence-corrected chi connectivity index (χ0v) is 11.2. The maximum Gasteiger partial charge on any atom is 0.241 e. The van der Waals surface area contributed by atoms with Crippen LogP contribution in [0.3, 0.4) is 0 Å². The summed E-state index contributed by atoms with van der Waals surface area (Å²) in [5.74, 6) is -0.653. The van der Waals surface area contributed by atoms with Crippen molar-refractivity contribution in [3.8, 4) is 0 Å². The number of amides is 1. The Morgan fingerprint density at radius 3 is 2.74 bits per heavy atom. The number of carbonyl (C=O) groups is 1. The highest BCUT2D eigenvalue weighted by Gasteiger charge is 2.23. The Morgan fingerprint density at radius 1 is 1.37 bits per heavy atom. The van der Waals surface area contributed by atoms with E-state index >= 15 is 0 Å². The van der Waals surface area contributed by atoms with Crippen molar-refractivity contribution in [1.29, 1.82) is 0 Å². The van der Waals surface area contributed by atoms with E-state index in [2.05, 4.69) is 10.2 Å². The molecule has 2 rings (SSSR count). The zero-order chi connectivity index (χ0) is 13.8. The minimum Gasteiger partial charge on any atom is -0.399 e. The number of piperidine rings is 1. The van der Waals surface area contributed by atoms with Crippen LogP contribution in [0.15, 0.2) is 18.2 Å². The molecule has 0 aromatic heterocycles. The summed E-state index contributed by atoms with van der Waals surface area (Å²) in [5.41, 5.74) is 6.17. The van der Waals surface area contributed by atoms with Gasteiger partial charge in [0.1, 0.15) is 5.82 Å². The van der Waals surface area contributed by atoms with E-state index in [-0.39, 0.29) is 17.6 Å². The highest BCUT2D eigenvalue weighted by Crippen LogP contribution is 2.19. The quantitative estimate of drug-likeness (QED) is 0.824. The van der Waals surface area contributed by atoms with E-state index in [0.717, 1.165) is 25.9 Å². The molecule has 1 saturated heterocycles. The molecule has 1 aliphatic rings. The lowest BCUT2D eigenvalue weighted by atomic mass is 10.1. The molecular weight excluding hydrogens is 245 g/mol. The monoisotopic (exact) mass is 265 g/mol. The molecule has 1 aliphatic heterocycles. The lowest BCUT2D eigenvalue weighted by Gasteiger charge is -2.31. The molecule has 0 bridgehead atoms. The molecule has 0 spiro atoms. The van der Waals surface area contributed by atoms with E-state index in [4.69, 9.17) is 5.73 Å². The fourth-order valence-corrected chi connectivity index (χ4v) is 2.35. The lowest BCUT2D eigenvalue weighted by Crippen LogP contribution is -2.44. The number of nitrogens with two attached hydrogens (primary N) is 1.